The first-order valence-electron chi connectivity index (χ1n) is 26.3. The molecule has 2 fully saturated rings. The van der Waals surface area contributed by atoms with Crippen LogP contribution in [-0.4, -0.2) is 147 Å². The molecule has 2 aliphatic heterocycles. The number of benzene rings is 3. The highest BCUT2D eigenvalue weighted by molar-refractivity contribution is 7.13. The first-order valence-corrected chi connectivity index (χ1v) is 27.2. The summed E-state index contributed by atoms with van der Waals surface area (Å²) in [6, 6.07) is 24.8. The molecule has 2 saturated heterocycles. The number of rotatable bonds is 22. The van der Waals surface area contributed by atoms with Crippen molar-refractivity contribution in [1.82, 2.24) is 45.3 Å². The quantitative estimate of drug-likeness (QED) is 0.0455. The molecule has 5 heterocycles. The lowest BCUT2D eigenvalue weighted by Crippen LogP contribution is -2.57. The van der Waals surface area contributed by atoms with Gasteiger partial charge >= 0.3 is 0 Å². The van der Waals surface area contributed by atoms with Crippen molar-refractivity contribution < 1.29 is 38.6 Å². The first-order chi connectivity index (χ1) is 37.6. The molecule has 3 aromatic carbocycles. The summed E-state index contributed by atoms with van der Waals surface area (Å²) in [4.78, 5) is 91.0. The van der Waals surface area contributed by atoms with Gasteiger partial charge in [-0.2, -0.15) is 0 Å². The van der Waals surface area contributed by atoms with Crippen LogP contribution < -0.4 is 21.3 Å². The van der Waals surface area contributed by atoms with Crippen LogP contribution in [0.4, 0.5) is 17.3 Å². The van der Waals surface area contributed by atoms with Crippen molar-refractivity contribution in [3.8, 4) is 21.7 Å². The summed E-state index contributed by atoms with van der Waals surface area (Å²) in [6.45, 7) is 13.8. The number of pyridine rings is 1. The van der Waals surface area contributed by atoms with E-state index in [1.165, 1.54) is 4.90 Å². The van der Waals surface area contributed by atoms with E-state index in [1.807, 2.05) is 130 Å². The standard InChI is InChI=1S/C58H69N11O8S/c1-38-8-17-45(31-48(38)65-57-60-22-18-47(64-57)44-7-6-21-59-34-44)63-54(73)43-15-11-41(12-16-43)35-67-23-25-68(26-24-67)51(72)20-28-77-30-29-76-27-19-50(71)66-53(58(3,4)5)56(75)69-36-46(70)32-49(69)55(74)61-33-40-9-13-42(14-10-40)52-39(2)62-37-78-52/h6-18,21-22,31,34,37,46,49,53,70H,19-20,23-30,32-33,35-36H2,1-5H3,(H,61,74)(H,63,73)(H,66,71)(H,60,64,65)/t46-,49+,53-/m1/s1. The summed E-state index contributed by atoms with van der Waals surface area (Å²) in [5, 5.41) is 22.7. The third-order valence-corrected chi connectivity index (χ3v) is 14.7. The smallest absolute Gasteiger partial charge is 0.255 e. The minimum Gasteiger partial charge on any atom is -0.391 e. The Morgan fingerprint density at radius 3 is 2.24 bits per heavy atom. The highest BCUT2D eigenvalue weighted by Crippen LogP contribution is 2.29. The topological polar surface area (TPSA) is 233 Å². The lowest BCUT2D eigenvalue weighted by Gasteiger charge is -2.35. The van der Waals surface area contributed by atoms with Gasteiger partial charge < -0.3 is 45.6 Å². The maximum atomic E-state index is 14.0. The molecule has 3 atom stereocenters. The number of thiazole rings is 1. The molecule has 0 saturated carbocycles. The van der Waals surface area contributed by atoms with Crippen LogP contribution in [0, 0.1) is 19.3 Å². The minimum atomic E-state index is -0.951. The van der Waals surface area contributed by atoms with Crippen LogP contribution >= 0.6 is 11.3 Å². The number of aliphatic hydroxyl groups excluding tert-OH is 1. The summed E-state index contributed by atoms with van der Waals surface area (Å²) in [5.74, 6) is -0.973. The van der Waals surface area contributed by atoms with Gasteiger partial charge in [-0.05, 0) is 84.0 Å². The van der Waals surface area contributed by atoms with Gasteiger partial charge in [0.2, 0.25) is 29.6 Å². The summed E-state index contributed by atoms with van der Waals surface area (Å²) in [6.07, 6.45) is 4.60. The summed E-state index contributed by atoms with van der Waals surface area (Å²) in [7, 11) is 0. The van der Waals surface area contributed by atoms with E-state index in [0.717, 1.165) is 49.8 Å². The van der Waals surface area contributed by atoms with E-state index in [4.69, 9.17) is 9.47 Å². The highest BCUT2D eigenvalue weighted by atomic mass is 32.1. The number of piperazine rings is 1. The minimum absolute atomic E-state index is 0.00237. The predicted octanol–water partition coefficient (Wildman–Crippen LogP) is 6.54. The van der Waals surface area contributed by atoms with Crippen LogP contribution in [0.2, 0.25) is 0 Å². The van der Waals surface area contributed by atoms with Gasteiger partial charge in [0.05, 0.1) is 60.7 Å². The molecule has 0 unspecified atom stereocenters. The van der Waals surface area contributed by atoms with E-state index in [9.17, 15) is 29.1 Å². The van der Waals surface area contributed by atoms with Gasteiger partial charge in [0, 0.05) is 99.7 Å². The highest BCUT2D eigenvalue weighted by Gasteiger charge is 2.44. The number of ether oxygens (including phenoxy) is 2. The maximum Gasteiger partial charge on any atom is 0.255 e. The van der Waals surface area contributed by atoms with Crippen LogP contribution in [0.5, 0.6) is 0 Å². The summed E-state index contributed by atoms with van der Waals surface area (Å²) < 4.78 is 11.3. The van der Waals surface area contributed by atoms with Gasteiger partial charge in [-0.1, -0.05) is 63.2 Å². The molecular weight excluding hydrogens is 1010 g/mol. The average Bonchev–Trinajstić information content (AvgIpc) is 4.07. The van der Waals surface area contributed by atoms with E-state index < -0.39 is 29.5 Å². The van der Waals surface area contributed by atoms with E-state index >= 15 is 0 Å². The maximum absolute atomic E-state index is 14.0. The Balaban J connectivity index is 0.686. The monoisotopic (exact) mass is 1080 g/mol. The molecule has 0 aliphatic carbocycles. The number of aromatic nitrogens is 4. The fourth-order valence-corrected chi connectivity index (χ4v) is 10.1. The Kier molecular flexibility index (Phi) is 19.4. The zero-order valence-electron chi connectivity index (χ0n) is 44.9. The number of nitrogens with one attached hydrogen (secondary N) is 4. The van der Waals surface area contributed by atoms with Gasteiger partial charge in [0.15, 0.2) is 0 Å². The molecule has 0 radical (unpaired) electrons. The lowest BCUT2D eigenvalue weighted by molar-refractivity contribution is -0.144. The number of aliphatic hydroxyl groups is 1. The van der Waals surface area contributed by atoms with Gasteiger partial charge in [0.25, 0.3) is 5.91 Å². The number of nitrogens with zero attached hydrogens (tertiary/aromatic N) is 7. The van der Waals surface area contributed by atoms with Gasteiger partial charge in [-0.3, -0.25) is 33.9 Å². The van der Waals surface area contributed by atoms with Crippen LogP contribution in [0.15, 0.2) is 109 Å². The Labute approximate surface area is 459 Å². The number of amides is 5. The van der Waals surface area contributed by atoms with E-state index in [2.05, 4.69) is 46.1 Å². The Hall–Kier alpha value is -7.49. The second-order valence-corrected chi connectivity index (χ2v) is 21.5. The van der Waals surface area contributed by atoms with Crippen molar-refractivity contribution >= 4 is 58.2 Å². The van der Waals surface area contributed by atoms with Crippen molar-refractivity contribution in [2.45, 2.75) is 85.2 Å². The number of aryl methyl sites for hydroxylation is 2. The average molecular weight is 1080 g/mol. The molecule has 78 heavy (non-hydrogen) atoms. The van der Waals surface area contributed by atoms with E-state index in [1.54, 1.807) is 29.9 Å². The van der Waals surface area contributed by atoms with Crippen LogP contribution in [0.3, 0.4) is 0 Å². The predicted molar refractivity (Wildman–Crippen MR) is 298 cm³/mol. The van der Waals surface area contributed by atoms with Crippen molar-refractivity contribution in [2.24, 2.45) is 5.41 Å². The van der Waals surface area contributed by atoms with Gasteiger partial charge in [0.1, 0.15) is 12.1 Å². The SMILES string of the molecule is Cc1ccc(NC(=O)c2ccc(CN3CCN(C(=O)CCOCCOCCC(=O)N[C@H](C(=O)N4C[C@H](O)C[C@H]4C(=O)NCc4ccc(-c5scnc5C)cc4)C(C)(C)C)CC3)cc2)cc1Nc1nccc(-c2cccnc2)n1. The van der Waals surface area contributed by atoms with Crippen LogP contribution in [-0.2, 0) is 41.7 Å². The number of hydrogen-bond acceptors (Lipinski definition) is 15. The molecule has 0 spiro atoms. The Bertz CT molecular complexity index is 3000. The summed E-state index contributed by atoms with van der Waals surface area (Å²) >= 11 is 1.57. The van der Waals surface area contributed by atoms with Crippen molar-refractivity contribution in [3.05, 3.63) is 137 Å². The van der Waals surface area contributed by atoms with Gasteiger partial charge in [-0.15, -0.1) is 11.3 Å². The van der Waals surface area contributed by atoms with Crippen molar-refractivity contribution in [2.75, 3.05) is 69.8 Å². The fraction of sp³-hybridized carbons (Fsp3) is 0.397. The second-order valence-electron chi connectivity index (χ2n) is 20.6. The third-order valence-electron chi connectivity index (χ3n) is 13.7. The molecule has 3 aromatic heterocycles. The molecule has 0 bridgehead atoms. The number of β-amino-alcohol motifs (C(OH)–C–C–N with tert-alkyl or cyclic N) is 1. The zero-order valence-corrected chi connectivity index (χ0v) is 45.7. The molecule has 20 heteroatoms. The third kappa shape index (κ3) is 15.6. The van der Waals surface area contributed by atoms with Crippen LogP contribution in [0.25, 0.3) is 21.7 Å². The number of likely N-dealkylation sites (tertiary alicyclic amines) is 1. The molecular formula is C58H69N11O8S. The summed E-state index contributed by atoms with van der Waals surface area (Å²) in [5.41, 5.74) is 9.59. The Morgan fingerprint density at radius 1 is 0.821 bits per heavy atom. The molecule has 19 nitrogen and oxygen atoms in total. The van der Waals surface area contributed by atoms with E-state index in [0.29, 0.717) is 49.9 Å². The molecule has 410 valence electrons. The zero-order chi connectivity index (χ0) is 55.2. The number of carbonyl (C=O) groups is 5. The number of anilines is 3. The van der Waals surface area contributed by atoms with Gasteiger partial charge in [-0.25, -0.2) is 15.0 Å². The normalized spacial score (nSPS) is 16.1. The number of carbonyl (C=O) groups excluding carboxylic acids is 5. The first kappa shape index (κ1) is 56.7. The largest absolute Gasteiger partial charge is 0.391 e. The van der Waals surface area contributed by atoms with E-state index in [-0.39, 0.29) is 82.4 Å². The van der Waals surface area contributed by atoms with Crippen LogP contribution in [0.1, 0.15) is 72.8 Å². The molecule has 8 rings (SSSR count). The molecule has 5 amide bonds. The lowest BCUT2D eigenvalue weighted by atomic mass is 9.85. The fourth-order valence-electron chi connectivity index (χ4n) is 9.25. The van der Waals surface area contributed by atoms with Crippen molar-refractivity contribution in [3.63, 3.8) is 0 Å². The van der Waals surface area contributed by atoms with Crippen molar-refractivity contribution in [1.29, 1.82) is 0 Å². The molecule has 2 aliphatic rings. The second kappa shape index (κ2) is 26.7. The Morgan fingerprint density at radius 2 is 1.55 bits per heavy atom. The molecule has 5 N–H and O–H groups in total. The molecule has 6 aromatic rings. The number of hydrogen-bond donors (Lipinski definition) is 5.